The fourth-order valence-corrected chi connectivity index (χ4v) is 4.06. The van der Waals surface area contributed by atoms with Gasteiger partial charge in [0.1, 0.15) is 5.75 Å². The van der Waals surface area contributed by atoms with E-state index < -0.39 is 0 Å². The summed E-state index contributed by atoms with van der Waals surface area (Å²) in [6.07, 6.45) is 8.58. The number of anilines is 1. The Morgan fingerprint density at radius 3 is 2.94 bits per heavy atom. The predicted octanol–water partition coefficient (Wildman–Crippen LogP) is 2.97. The highest BCUT2D eigenvalue weighted by atomic mass is 16.3. The van der Waals surface area contributed by atoms with E-state index in [-0.39, 0.29) is 0 Å². The van der Waals surface area contributed by atoms with Crippen LogP contribution in [0, 0.1) is 17.8 Å². The van der Waals surface area contributed by atoms with E-state index in [1.807, 2.05) is 12.1 Å². The van der Waals surface area contributed by atoms with Gasteiger partial charge in [-0.3, -0.25) is 0 Å². The third kappa shape index (κ3) is 1.48. The summed E-state index contributed by atoms with van der Waals surface area (Å²) in [4.78, 5) is 2.48. The SMILES string of the molecule is Oc1cccc2c1CCN2CC1CC2C=CC1C2. The molecule has 1 aromatic carbocycles. The first-order valence-corrected chi connectivity index (χ1v) is 7.05. The Bertz CT molecular complexity index is 508. The Kier molecular flexibility index (Phi) is 2.20. The lowest BCUT2D eigenvalue weighted by Gasteiger charge is -2.27. The van der Waals surface area contributed by atoms with Crippen molar-refractivity contribution in [1.82, 2.24) is 0 Å². The molecule has 1 aromatic rings. The zero-order valence-corrected chi connectivity index (χ0v) is 10.5. The number of allylic oxidation sites excluding steroid dienone is 2. The summed E-state index contributed by atoms with van der Waals surface area (Å²) in [5.41, 5.74) is 2.41. The number of aromatic hydroxyl groups is 1. The summed E-state index contributed by atoms with van der Waals surface area (Å²) in [5.74, 6) is 2.97. The van der Waals surface area contributed by atoms with E-state index in [0.717, 1.165) is 36.3 Å². The first-order chi connectivity index (χ1) is 8.81. The van der Waals surface area contributed by atoms with Gasteiger partial charge in [0.15, 0.2) is 0 Å². The molecule has 2 nitrogen and oxygen atoms in total. The molecule has 3 aliphatic rings. The van der Waals surface area contributed by atoms with Crippen molar-refractivity contribution >= 4 is 5.69 Å². The number of rotatable bonds is 2. The van der Waals surface area contributed by atoms with Gasteiger partial charge in [-0.15, -0.1) is 0 Å². The van der Waals surface area contributed by atoms with Crippen LogP contribution in [0.1, 0.15) is 18.4 Å². The van der Waals surface area contributed by atoms with Crippen LogP contribution in [-0.4, -0.2) is 18.2 Å². The first-order valence-electron chi connectivity index (χ1n) is 7.05. The summed E-state index contributed by atoms with van der Waals surface area (Å²) in [7, 11) is 0. The number of hydrogen-bond donors (Lipinski definition) is 1. The predicted molar refractivity (Wildman–Crippen MR) is 72.9 cm³/mol. The molecule has 0 aromatic heterocycles. The van der Waals surface area contributed by atoms with Crippen LogP contribution >= 0.6 is 0 Å². The van der Waals surface area contributed by atoms with Crippen LogP contribution in [0.4, 0.5) is 5.69 Å². The Labute approximate surface area is 108 Å². The van der Waals surface area contributed by atoms with Gasteiger partial charge in [-0.1, -0.05) is 18.2 Å². The van der Waals surface area contributed by atoms with Crippen LogP contribution in [0.25, 0.3) is 0 Å². The third-order valence-electron chi connectivity index (χ3n) is 4.97. The van der Waals surface area contributed by atoms with E-state index >= 15 is 0 Å². The monoisotopic (exact) mass is 241 g/mol. The van der Waals surface area contributed by atoms with Crippen LogP contribution in [0.3, 0.4) is 0 Å². The molecule has 4 rings (SSSR count). The fraction of sp³-hybridized carbons (Fsp3) is 0.500. The molecule has 2 aliphatic carbocycles. The number of phenolic OH excluding ortho intramolecular Hbond substituents is 1. The molecule has 1 aliphatic heterocycles. The van der Waals surface area contributed by atoms with E-state index in [1.165, 1.54) is 25.1 Å². The highest BCUT2D eigenvalue weighted by molar-refractivity contribution is 5.62. The van der Waals surface area contributed by atoms with Crippen molar-refractivity contribution in [2.24, 2.45) is 17.8 Å². The summed E-state index contributed by atoms with van der Waals surface area (Å²) < 4.78 is 0. The lowest BCUT2D eigenvalue weighted by atomic mass is 9.93. The lowest BCUT2D eigenvalue weighted by molar-refractivity contribution is 0.446. The fourth-order valence-electron chi connectivity index (χ4n) is 4.06. The molecule has 1 fully saturated rings. The normalized spacial score (nSPS) is 32.2. The second-order valence-electron chi connectivity index (χ2n) is 6.01. The van der Waals surface area contributed by atoms with Gasteiger partial charge >= 0.3 is 0 Å². The second kappa shape index (κ2) is 3.78. The van der Waals surface area contributed by atoms with Gasteiger partial charge in [0.2, 0.25) is 0 Å². The molecule has 94 valence electrons. The van der Waals surface area contributed by atoms with Crippen LogP contribution in [0.5, 0.6) is 5.75 Å². The van der Waals surface area contributed by atoms with Crippen molar-refractivity contribution in [2.45, 2.75) is 19.3 Å². The van der Waals surface area contributed by atoms with E-state index in [9.17, 15) is 5.11 Å². The third-order valence-corrected chi connectivity index (χ3v) is 4.97. The van der Waals surface area contributed by atoms with Crippen LogP contribution < -0.4 is 4.90 Å². The van der Waals surface area contributed by atoms with E-state index in [4.69, 9.17) is 0 Å². The van der Waals surface area contributed by atoms with Crippen LogP contribution in [0.15, 0.2) is 30.4 Å². The molecule has 3 unspecified atom stereocenters. The van der Waals surface area contributed by atoms with Gasteiger partial charge in [-0.05, 0) is 49.1 Å². The molecule has 2 heteroatoms. The number of phenols is 1. The minimum atomic E-state index is 0.475. The lowest BCUT2D eigenvalue weighted by Crippen LogP contribution is -2.29. The first kappa shape index (κ1) is 10.5. The van der Waals surface area contributed by atoms with Crippen LogP contribution in [-0.2, 0) is 6.42 Å². The number of hydrogen-bond acceptors (Lipinski definition) is 2. The average Bonchev–Trinajstić information content (AvgIpc) is 3.05. The molecule has 3 atom stereocenters. The molecule has 0 spiro atoms. The number of benzene rings is 1. The maximum Gasteiger partial charge on any atom is 0.120 e. The average molecular weight is 241 g/mol. The molecular weight excluding hydrogens is 222 g/mol. The molecule has 2 bridgehead atoms. The van der Waals surface area contributed by atoms with Gasteiger partial charge in [-0.2, -0.15) is 0 Å². The minimum absolute atomic E-state index is 0.475. The van der Waals surface area contributed by atoms with Gasteiger partial charge in [0.05, 0.1) is 0 Å². The Morgan fingerprint density at radius 1 is 1.22 bits per heavy atom. The topological polar surface area (TPSA) is 23.5 Å². The van der Waals surface area contributed by atoms with E-state index in [0.29, 0.717) is 5.75 Å². The van der Waals surface area contributed by atoms with Gasteiger partial charge in [-0.25, -0.2) is 0 Å². The van der Waals surface area contributed by atoms with Gasteiger partial charge < -0.3 is 10.0 Å². The number of fused-ring (bicyclic) bond motifs is 3. The highest BCUT2D eigenvalue weighted by Crippen LogP contribution is 2.45. The Morgan fingerprint density at radius 2 is 2.17 bits per heavy atom. The summed E-state index contributed by atoms with van der Waals surface area (Å²) in [5, 5.41) is 9.88. The minimum Gasteiger partial charge on any atom is -0.508 e. The molecule has 1 heterocycles. The van der Waals surface area contributed by atoms with Crippen molar-refractivity contribution in [3.8, 4) is 5.75 Å². The summed E-state index contributed by atoms with van der Waals surface area (Å²) >= 11 is 0. The smallest absolute Gasteiger partial charge is 0.120 e. The Balaban J connectivity index is 1.55. The Hall–Kier alpha value is -1.44. The zero-order valence-electron chi connectivity index (χ0n) is 10.5. The quantitative estimate of drug-likeness (QED) is 0.805. The summed E-state index contributed by atoms with van der Waals surface area (Å²) in [6, 6.07) is 5.93. The second-order valence-corrected chi connectivity index (χ2v) is 6.01. The van der Waals surface area contributed by atoms with Crippen molar-refractivity contribution in [2.75, 3.05) is 18.0 Å². The van der Waals surface area contributed by atoms with E-state index in [2.05, 4.69) is 23.1 Å². The molecule has 0 saturated heterocycles. The summed E-state index contributed by atoms with van der Waals surface area (Å²) in [6.45, 7) is 2.24. The molecule has 1 saturated carbocycles. The van der Waals surface area contributed by atoms with Gasteiger partial charge in [0.25, 0.3) is 0 Å². The van der Waals surface area contributed by atoms with Crippen molar-refractivity contribution in [3.63, 3.8) is 0 Å². The molecular formula is C16H19NO. The maximum absolute atomic E-state index is 9.88. The van der Waals surface area contributed by atoms with Gasteiger partial charge in [0, 0.05) is 24.3 Å². The number of nitrogens with zero attached hydrogens (tertiary/aromatic N) is 1. The van der Waals surface area contributed by atoms with Crippen molar-refractivity contribution < 1.29 is 5.11 Å². The highest BCUT2D eigenvalue weighted by Gasteiger charge is 2.37. The molecule has 1 N–H and O–H groups in total. The molecule has 0 radical (unpaired) electrons. The molecule has 0 amide bonds. The molecule has 18 heavy (non-hydrogen) atoms. The standard InChI is InChI=1S/C16H19NO/c18-16-3-1-2-15-14(16)6-7-17(15)10-13-9-11-4-5-12(13)8-11/h1-5,11-13,18H,6-10H2. The van der Waals surface area contributed by atoms with Crippen molar-refractivity contribution in [1.29, 1.82) is 0 Å². The van der Waals surface area contributed by atoms with Crippen molar-refractivity contribution in [3.05, 3.63) is 35.9 Å². The zero-order chi connectivity index (χ0) is 12.1. The maximum atomic E-state index is 9.88. The largest absolute Gasteiger partial charge is 0.508 e. The van der Waals surface area contributed by atoms with Crippen LogP contribution in [0.2, 0.25) is 0 Å². The van der Waals surface area contributed by atoms with E-state index in [1.54, 1.807) is 0 Å².